The van der Waals surface area contributed by atoms with Crippen LogP contribution >= 0.6 is 0 Å². The van der Waals surface area contributed by atoms with Crippen LogP contribution in [0.1, 0.15) is 138 Å². The van der Waals surface area contributed by atoms with Gasteiger partial charge in [0.15, 0.2) is 0 Å². The van der Waals surface area contributed by atoms with E-state index in [9.17, 15) is 0 Å². The van der Waals surface area contributed by atoms with E-state index in [0.29, 0.717) is 5.41 Å². The first-order valence-electron chi connectivity index (χ1n) is 11.4. The molecule has 0 heteroatoms. The Kier molecular flexibility index (Phi) is 15.3. The molecule has 0 fully saturated rings. The maximum atomic E-state index is 2.44. The molecule has 0 saturated carbocycles. The molecule has 0 heterocycles. The van der Waals surface area contributed by atoms with Gasteiger partial charge < -0.3 is 0 Å². The first kappa shape index (κ1) is 24.0. The average Bonchev–Trinajstić information content (AvgIpc) is 2.52. The van der Waals surface area contributed by atoms with Gasteiger partial charge in [-0.1, -0.05) is 131 Å². The minimum absolute atomic E-state index is 0.504. The van der Waals surface area contributed by atoms with Crippen LogP contribution in [0.25, 0.3) is 0 Å². The smallest absolute Gasteiger partial charge is 0.0354 e. The Balaban J connectivity index is 3.42. The molecular weight excluding hydrogens is 288 g/mol. The van der Waals surface area contributed by atoms with Gasteiger partial charge in [0.1, 0.15) is 0 Å². The van der Waals surface area contributed by atoms with Crippen LogP contribution in [-0.4, -0.2) is 0 Å². The van der Waals surface area contributed by atoms with Crippen molar-refractivity contribution in [3.05, 3.63) is 0 Å². The topological polar surface area (TPSA) is 0 Å². The molecule has 2 atom stereocenters. The first-order valence-corrected chi connectivity index (χ1v) is 11.4. The Morgan fingerprint density at radius 2 is 1.00 bits per heavy atom. The summed E-state index contributed by atoms with van der Waals surface area (Å²) in [5.74, 6) is 1.89. The number of unbranched alkanes of at least 4 members (excludes halogenated alkanes) is 8. The van der Waals surface area contributed by atoms with E-state index >= 15 is 0 Å². The van der Waals surface area contributed by atoms with Crippen molar-refractivity contribution in [3.63, 3.8) is 0 Å². The molecule has 0 aromatic carbocycles. The second-order valence-corrected chi connectivity index (χ2v) is 9.50. The molecule has 0 nitrogen and oxygen atoms in total. The summed E-state index contributed by atoms with van der Waals surface area (Å²) in [5.41, 5.74) is 0.504. The molecule has 0 aliphatic carbocycles. The maximum absolute atomic E-state index is 2.44. The summed E-state index contributed by atoms with van der Waals surface area (Å²) in [4.78, 5) is 0. The van der Waals surface area contributed by atoms with E-state index in [4.69, 9.17) is 0 Å². The highest BCUT2D eigenvalue weighted by molar-refractivity contribution is 4.73. The Hall–Kier alpha value is 0. The van der Waals surface area contributed by atoms with Crippen molar-refractivity contribution >= 4 is 0 Å². The van der Waals surface area contributed by atoms with Gasteiger partial charge in [0, 0.05) is 0 Å². The molecule has 0 aromatic heterocycles. The Morgan fingerprint density at radius 1 is 0.542 bits per heavy atom. The summed E-state index contributed by atoms with van der Waals surface area (Å²) in [6, 6.07) is 0. The minimum atomic E-state index is 0.504. The third-order valence-corrected chi connectivity index (χ3v) is 5.91. The molecule has 0 aliphatic heterocycles. The highest BCUT2D eigenvalue weighted by Gasteiger charge is 2.22. The van der Waals surface area contributed by atoms with Gasteiger partial charge in [0.25, 0.3) is 0 Å². The molecule has 24 heavy (non-hydrogen) atoms. The predicted molar refractivity (Wildman–Crippen MR) is 113 cm³/mol. The molecule has 0 N–H and O–H groups in total. The lowest BCUT2D eigenvalue weighted by molar-refractivity contribution is 0.205. The molecule has 146 valence electrons. The molecule has 0 saturated heterocycles. The van der Waals surface area contributed by atoms with Crippen molar-refractivity contribution < 1.29 is 0 Å². The van der Waals surface area contributed by atoms with Gasteiger partial charge >= 0.3 is 0 Å². The van der Waals surface area contributed by atoms with E-state index in [1.807, 2.05) is 0 Å². The van der Waals surface area contributed by atoms with E-state index in [-0.39, 0.29) is 0 Å². The van der Waals surface area contributed by atoms with Crippen LogP contribution in [0.15, 0.2) is 0 Å². The van der Waals surface area contributed by atoms with E-state index in [1.54, 1.807) is 0 Å². The van der Waals surface area contributed by atoms with Crippen molar-refractivity contribution in [3.8, 4) is 0 Å². The fourth-order valence-electron chi connectivity index (χ4n) is 4.00. The summed E-state index contributed by atoms with van der Waals surface area (Å²) >= 11 is 0. The zero-order chi connectivity index (χ0) is 18.3. The molecule has 0 spiro atoms. The monoisotopic (exact) mass is 338 g/mol. The lowest BCUT2D eigenvalue weighted by atomic mass is 9.75. The fraction of sp³-hybridized carbons (Fsp3) is 1.00. The zero-order valence-electron chi connectivity index (χ0n) is 18.3. The van der Waals surface area contributed by atoms with Crippen molar-refractivity contribution in [1.29, 1.82) is 0 Å². The van der Waals surface area contributed by atoms with Crippen molar-refractivity contribution in [2.24, 2.45) is 17.3 Å². The molecule has 0 rings (SSSR count). The fourth-order valence-corrected chi connectivity index (χ4v) is 4.00. The first-order chi connectivity index (χ1) is 11.4. The van der Waals surface area contributed by atoms with Gasteiger partial charge in [-0.05, 0) is 23.7 Å². The summed E-state index contributed by atoms with van der Waals surface area (Å²) in [5, 5.41) is 0. The molecule has 0 radical (unpaired) electrons. The SMILES string of the molecule is CCCCC(C)CCCCCCCCCCC(CCC)C(C)(C)C. The summed E-state index contributed by atoms with van der Waals surface area (Å²) in [7, 11) is 0. The highest BCUT2D eigenvalue weighted by atomic mass is 14.3. The quantitative estimate of drug-likeness (QED) is 0.246. The lowest BCUT2D eigenvalue weighted by Gasteiger charge is -2.30. The third-order valence-electron chi connectivity index (χ3n) is 5.91. The molecular formula is C24H50. The van der Waals surface area contributed by atoms with E-state index < -0.39 is 0 Å². The van der Waals surface area contributed by atoms with Crippen LogP contribution in [0.3, 0.4) is 0 Å². The van der Waals surface area contributed by atoms with Gasteiger partial charge in [0.2, 0.25) is 0 Å². The van der Waals surface area contributed by atoms with Crippen LogP contribution < -0.4 is 0 Å². The minimum Gasteiger partial charge on any atom is -0.0654 e. The van der Waals surface area contributed by atoms with E-state index in [0.717, 1.165) is 11.8 Å². The Bertz CT molecular complexity index is 247. The summed E-state index contributed by atoms with van der Waals surface area (Å²) < 4.78 is 0. The van der Waals surface area contributed by atoms with Crippen LogP contribution in [-0.2, 0) is 0 Å². The maximum Gasteiger partial charge on any atom is -0.0354 e. The standard InChI is InChI=1S/C24H50/c1-7-9-19-22(3)20-16-14-12-10-11-13-15-17-21-23(18-8-2)24(4,5)6/h22-23H,7-21H2,1-6H3. The van der Waals surface area contributed by atoms with Crippen LogP contribution in [0.4, 0.5) is 0 Å². The van der Waals surface area contributed by atoms with Gasteiger partial charge in [-0.2, -0.15) is 0 Å². The van der Waals surface area contributed by atoms with Gasteiger partial charge in [-0.25, -0.2) is 0 Å². The summed E-state index contributed by atoms with van der Waals surface area (Å²) in [6.45, 7) is 14.4. The number of rotatable bonds is 16. The Labute approximate surface area is 155 Å². The molecule has 2 unspecified atom stereocenters. The van der Waals surface area contributed by atoms with Crippen LogP contribution in [0, 0.1) is 17.3 Å². The second-order valence-electron chi connectivity index (χ2n) is 9.50. The molecule has 0 aromatic rings. The Morgan fingerprint density at radius 3 is 1.46 bits per heavy atom. The van der Waals surface area contributed by atoms with Crippen LogP contribution in [0.5, 0.6) is 0 Å². The molecule has 0 amide bonds. The van der Waals surface area contributed by atoms with Crippen molar-refractivity contribution in [2.75, 3.05) is 0 Å². The summed E-state index contributed by atoms with van der Waals surface area (Å²) in [6.07, 6.45) is 21.7. The highest BCUT2D eigenvalue weighted by Crippen LogP contribution is 2.34. The lowest BCUT2D eigenvalue weighted by Crippen LogP contribution is -2.20. The van der Waals surface area contributed by atoms with Gasteiger partial charge in [0.05, 0.1) is 0 Å². The zero-order valence-corrected chi connectivity index (χ0v) is 18.3. The van der Waals surface area contributed by atoms with Gasteiger partial charge in [-0.15, -0.1) is 0 Å². The van der Waals surface area contributed by atoms with Crippen molar-refractivity contribution in [1.82, 2.24) is 0 Å². The van der Waals surface area contributed by atoms with Crippen LogP contribution in [0.2, 0.25) is 0 Å². The third kappa shape index (κ3) is 14.4. The number of hydrogen-bond donors (Lipinski definition) is 0. The van der Waals surface area contributed by atoms with Gasteiger partial charge in [-0.3, -0.25) is 0 Å². The second kappa shape index (κ2) is 15.3. The molecule has 0 bridgehead atoms. The molecule has 0 aliphatic rings. The largest absolute Gasteiger partial charge is 0.0654 e. The van der Waals surface area contributed by atoms with Crippen molar-refractivity contribution in [2.45, 2.75) is 138 Å². The van der Waals surface area contributed by atoms with E-state index in [1.165, 1.54) is 96.3 Å². The predicted octanol–water partition coefficient (Wildman–Crippen LogP) is 9.18. The number of hydrogen-bond acceptors (Lipinski definition) is 0. The van der Waals surface area contributed by atoms with E-state index in [2.05, 4.69) is 41.5 Å². The normalized spacial score (nSPS) is 14.8. The average molecular weight is 339 g/mol.